The SMILES string of the molecule is C1=C(c2ccccc2)SC(SC2SC=C(c3ccccc3)S2)S1. The van der Waals surface area contributed by atoms with Crippen molar-refractivity contribution in [3.05, 3.63) is 82.6 Å². The Morgan fingerprint density at radius 2 is 1.04 bits per heavy atom. The third kappa shape index (κ3) is 4.02. The highest BCUT2D eigenvalue weighted by Crippen LogP contribution is 2.58. The van der Waals surface area contributed by atoms with Crippen molar-refractivity contribution in [3.8, 4) is 0 Å². The molecular weight excluding hydrogens is 377 g/mol. The molecule has 5 heteroatoms. The standard InChI is InChI=1S/C18H14S5/c1-3-7-13(8-4-1)15-11-19-17(21-15)23-18-20-12-16(22-18)14-9-5-2-6-10-14/h1-12,17-18H. The van der Waals surface area contributed by atoms with Crippen LogP contribution in [0.1, 0.15) is 11.1 Å². The summed E-state index contributed by atoms with van der Waals surface area (Å²) in [5.41, 5.74) is 2.67. The molecule has 0 N–H and O–H groups in total. The van der Waals surface area contributed by atoms with E-state index in [0.29, 0.717) is 7.83 Å². The minimum absolute atomic E-state index is 0.554. The van der Waals surface area contributed by atoms with Crippen LogP contribution in [0.5, 0.6) is 0 Å². The first kappa shape index (κ1) is 16.2. The fourth-order valence-electron chi connectivity index (χ4n) is 2.24. The molecule has 0 amide bonds. The molecule has 2 aromatic rings. The minimum atomic E-state index is 0.554. The lowest BCUT2D eigenvalue weighted by Gasteiger charge is -2.14. The fourth-order valence-corrected chi connectivity index (χ4v) is 10.4. The van der Waals surface area contributed by atoms with Crippen LogP contribution in [0.2, 0.25) is 0 Å². The zero-order valence-electron chi connectivity index (χ0n) is 12.1. The maximum Gasteiger partial charge on any atom is 0.106 e. The number of thioether (sulfide) groups is 5. The number of benzene rings is 2. The van der Waals surface area contributed by atoms with Gasteiger partial charge in [-0.15, -0.1) is 35.3 Å². The molecule has 4 rings (SSSR count). The van der Waals surface area contributed by atoms with E-state index < -0.39 is 0 Å². The Labute approximate surface area is 158 Å². The van der Waals surface area contributed by atoms with Gasteiger partial charge in [-0.1, -0.05) is 84.2 Å². The van der Waals surface area contributed by atoms with Gasteiger partial charge in [0.15, 0.2) is 0 Å². The van der Waals surface area contributed by atoms with Crippen LogP contribution < -0.4 is 0 Å². The Kier molecular flexibility index (Phi) is 5.41. The summed E-state index contributed by atoms with van der Waals surface area (Å²) < 4.78 is 1.11. The second kappa shape index (κ2) is 7.70. The predicted molar refractivity (Wildman–Crippen MR) is 114 cm³/mol. The molecule has 2 aliphatic rings. The second-order valence-electron chi connectivity index (χ2n) is 4.92. The Bertz CT molecular complexity index is 660. The topological polar surface area (TPSA) is 0 Å². The molecule has 23 heavy (non-hydrogen) atoms. The summed E-state index contributed by atoms with van der Waals surface area (Å²) in [7, 11) is 0. The summed E-state index contributed by atoms with van der Waals surface area (Å²) in [5.74, 6) is 0. The quantitative estimate of drug-likeness (QED) is 0.538. The maximum absolute atomic E-state index is 2.31. The molecule has 0 bridgehead atoms. The molecule has 0 radical (unpaired) electrons. The van der Waals surface area contributed by atoms with Crippen LogP contribution in [-0.4, -0.2) is 7.83 Å². The second-order valence-corrected chi connectivity index (χ2v) is 12.2. The lowest BCUT2D eigenvalue weighted by Crippen LogP contribution is -1.92. The molecule has 2 aromatic carbocycles. The van der Waals surface area contributed by atoms with Crippen LogP contribution in [0.4, 0.5) is 0 Å². The van der Waals surface area contributed by atoms with Crippen LogP contribution in [0, 0.1) is 0 Å². The molecule has 0 fully saturated rings. The highest BCUT2D eigenvalue weighted by atomic mass is 32.3. The van der Waals surface area contributed by atoms with Gasteiger partial charge >= 0.3 is 0 Å². The van der Waals surface area contributed by atoms with Gasteiger partial charge in [0.2, 0.25) is 0 Å². The maximum atomic E-state index is 2.31. The molecule has 116 valence electrons. The van der Waals surface area contributed by atoms with Crippen LogP contribution in [-0.2, 0) is 0 Å². The van der Waals surface area contributed by atoms with Crippen molar-refractivity contribution in [1.82, 2.24) is 0 Å². The molecule has 2 unspecified atom stereocenters. The monoisotopic (exact) mass is 390 g/mol. The average molecular weight is 391 g/mol. The van der Waals surface area contributed by atoms with Gasteiger partial charge in [-0.05, 0) is 21.9 Å². The van der Waals surface area contributed by atoms with E-state index in [1.807, 2.05) is 47.0 Å². The summed E-state index contributed by atoms with van der Waals surface area (Å²) in [5, 5.41) is 4.63. The normalized spacial score (nSPS) is 23.7. The summed E-state index contributed by atoms with van der Waals surface area (Å²) >= 11 is 9.92. The average Bonchev–Trinajstić information content (AvgIpc) is 3.27. The Hall–Kier alpha value is -0.330. The molecule has 2 atom stereocenters. The van der Waals surface area contributed by atoms with E-state index in [2.05, 4.69) is 83.2 Å². The van der Waals surface area contributed by atoms with Gasteiger partial charge < -0.3 is 0 Å². The van der Waals surface area contributed by atoms with E-state index in [-0.39, 0.29) is 0 Å². The van der Waals surface area contributed by atoms with Crippen molar-refractivity contribution in [3.63, 3.8) is 0 Å². The van der Waals surface area contributed by atoms with Gasteiger partial charge in [-0.25, -0.2) is 0 Å². The van der Waals surface area contributed by atoms with E-state index in [1.54, 1.807) is 0 Å². The van der Waals surface area contributed by atoms with Gasteiger partial charge in [0.05, 0.1) is 0 Å². The highest BCUT2D eigenvalue weighted by molar-refractivity contribution is 8.46. The summed E-state index contributed by atoms with van der Waals surface area (Å²) in [6, 6.07) is 21.4. The van der Waals surface area contributed by atoms with E-state index >= 15 is 0 Å². The first-order valence-electron chi connectivity index (χ1n) is 7.19. The largest absolute Gasteiger partial charge is 0.110 e. The van der Waals surface area contributed by atoms with Crippen molar-refractivity contribution in [2.24, 2.45) is 0 Å². The first-order chi connectivity index (χ1) is 11.4. The summed E-state index contributed by atoms with van der Waals surface area (Å²) in [6.45, 7) is 0. The molecule has 0 nitrogen and oxygen atoms in total. The number of hydrogen-bond acceptors (Lipinski definition) is 5. The smallest absolute Gasteiger partial charge is 0.106 e. The lowest BCUT2D eigenvalue weighted by atomic mass is 10.2. The molecular formula is C18H14S5. The highest BCUT2D eigenvalue weighted by Gasteiger charge is 2.27. The zero-order valence-corrected chi connectivity index (χ0v) is 16.2. The van der Waals surface area contributed by atoms with Crippen molar-refractivity contribution in [2.45, 2.75) is 7.83 Å². The Balaban J connectivity index is 1.32. The van der Waals surface area contributed by atoms with Crippen LogP contribution in [0.15, 0.2) is 71.5 Å². The van der Waals surface area contributed by atoms with E-state index in [9.17, 15) is 0 Å². The Morgan fingerprint density at radius 1 is 0.609 bits per heavy atom. The van der Waals surface area contributed by atoms with Gasteiger partial charge in [-0.3, -0.25) is 0 Å². The van der Waals surface area contributed by atoms with Crippen LogP contribution >= 0.6 is 58.8 Å². The molecule has 2 aliphatic heterocycles. The molecule has 0 saturated carbocycles. The number of rotatable bonds is 4. The number of hydrogen-bond donors (Lipinski definition) is 0. The van der Waals surface area contributed by atoms with E-state index in [1.165, 1.54) is 20.9 Å². The summed E-state index contributed by atoms with van der Waals surface area (Å²) in [6.07, 6.45) is 0. The van der Waals surface area contributed by atoms with Crippen LogP contribution in [0.25, 0.3) is 9.81 Å². The molecule has 0 aromatic heterocycles. The molecule has 2 heterocycles. The zero-order chi connectivity index (χ0) is 15.5. The molecule has 0 spiro atoms. The Morgan fingerprint density at radius 3 is 1.48 bits per heavy atom. The first-order valence-corrected chi connectivity index (χ1v) is 11.8. The van der Waals surface area contributed by atoms with E-state index in [0.717, 1.165) is 0 Å². The van der Waals surface area contributed by atoms with Crippen molar-refractivity contribution in [1.29, 1.82) is 0 Å². The van der Waals surface area contributed by atoms with Crippen molar-refractivity contribution in [2.75, 3.05) is 0 Å². The van der Waals surface area contributed by atoms with Gasteiger partial charge in [0.25, 0.3) is 0 Å². The summed E-state index contributed by atoms with van der Waals surface area (Å²) in [4.78, 5) is 2.80. The van der Waals surface area contributed by atoms with Crippen molar-refractivity contribution >= 4 is 68.6 Å². The molecule has 0 saturated heterocycles. The van der Waals surface area contributed by atoms with Crippen molar-refractivity contribution < 1.29 is 0 Å². The minimum Gasteiger partial charge on any atom is -0.110 e. The predicted octanol–water partition coefficient (Wildman–Crippen LogP) is 7.24. The van der Waals surface area contributed by atoms with Gasteiger partial charge in [-0.2, -0.15) is 0 Å². The molecule has 0 aliphatic carbocycles. The van der Waals surface area contributed by atoms with Gasteiger partial charge in [0, 0.05) is 9.81 Å². The third-order valence-corrected chi connectivity index (χ3v) is 10.7. The van der Waals surface area contributed by atoms with Gasteiger partial charge in [0.1, 0.15) is 7.83 Å². The fraction of sp³-hybridized carbons (Fsp3) is 0.111. The lowest BCUT2D eigenvalue weighted by molar-refractivity contribution is 1.66. The van der Waals surface area contributed by atoms with E-state index in [4.69, 9.17) is 0 Å². The third-order valence-electron chi connectivity index (χ3n) is 3.36. The van der Waals surface area contributed by atoms with Crippen LogP contribution in [0.3, 0.4) is 0 Å².